The van der Waals surface area contributed by atoms with E-state index in [4.69, 9.17) is 17.2 Å². The Morgan fingerprint density at radius 2 is 0.816 bits per heavy atom. The van der Waals surface area contributed by atoms with E-state index >= 15 is 0 Å². The molecular weight excluding hydrogens is 1280 g/mol. The van der Waals surface area contributed by atoms with Crippen LogP contribution in [0.2, 0.25) is 0 Å². The first-order valence-corrected chi connectivity index (χ1v) is 32.8. The largest absolute Gasteiger partial charge is 0.481 e. The zero-order valence-corrected chi connectivity index (χ0v) is 54.3. The van der Waals surface area contributed by atoms with Crippen molar-refractivity contribution < 1.29 is 77.3 Å². The summed E-state index contributed by atoms with van der Waals surface area (Å²) < 4.78 is 0. The van der Waals surface area contributed by atoms with Crippen LogP contribution in [0, 0.1) is 0 Å². The molecule has 98 heavy (non-hydrogen) atoms. The number of aliphatic imine (C=N–C) groups is 2. The topological polar surface area (TPSA) is 551 Å². The van der Waals surface area contributed by atoms with Crippen LogP contribution in [0.1, 0.15) is 114 Å². The minimum Gasteiger partial charge on any atom is -0.481 e. The standard InChI is InChI=1S/C63H91N19O16/c64-39(53(90)68-26-10-8-16-41-57(94)80-43(21-18-38-24-28-70-63(66)74-38)55(92)72-34-50(85)76-47(32-52(88)89)61(98)82-45(59(96)78-41)30-36-13-5-2-6-14-36)19-22-48(83)67-25-9-7-15-40-56(93)79-42(20-17-37-23-27-69-62(65)73-37)54(91)71-33-49(84)75-46(31-51(86)87)60(97)81-44(58(95)77-40)29-35-11-3-1-4-12-35/h1-6,11-14,37-47H,7-10,15-34,64H2,(H,67,83)(H,68,90)(H,71,91)(H,72,92)(H,75,84)(H,76,85)(H,77,95)(H,78,96)(H,79,93)(H,80,94)(H,81,97)(H,82,98)(H,86,87)(H,88,89)(H3,65,69,73)(H3,66,70,74)/t37?,38?,39-,40-,41?,42-,43-,44+,45+,46-,47-/m0/s1. The van der Waals surface area contributed by atoms with Crippen LogP contribution >= 0.6 is 0 Å². The second kappa shape index (κ2) is 39.5. The summed E-state index contributed by atoms with van der Waals surface area (Å²) in [6.45, 7) is -0.430. The highest BCUT2D eigenvalue weighted by atomic mass is 16.4. The number of nitrogens with two attached hydrogens (primary N) is 3. The Labute approximate surface area is 564 Å². The highest BCUT2D eigenvalue weighted by molar-refractivity contribution is 6.00. The number of hydrogen-bond donors (Lipinski definition) is 19. The first kappa shape index (κ1) is 76.5. The molecule has 35 nitrogen and oxygen atoms in total. The van der Waals surface area contributed by atoms with Gasteiger partial charge < -0.3 is 102 Å². The van der Waals surface area contributed by atoms with Crippen molar-refractivity contribution in [2.75, 3.05) is 39.3 Å². The van der Waals surface area contributed by atoms with Crippen molar-refractivity contribution in [2.24, 2.45) is 27.2 Å². The minimum atomic E-state index is -1.67. The van der Waals surface area contributed by atoms with Gasteiger partial charge >= 0.3 is 11.9 Å². The fourth-order valence-electron chi connectivity index (χ4n) is 11.2. The predicted molar refractivity (Wildman–Crippen MR) is 352 cm³/mol. The molecule has 0 bridgehead atoms. The molecule has 0 aliphatic carbocycles. The lowest BCUT2D eigenvalue weighted by Crippen LogP contribution is -2.58. The van der Waals surface area contributed by atoms with Crippen LogP contribution in [0.15, 0.2) is 70.6 Å². The quantitative estimate of drug-likeness (QED) is 0.0353. The Kier molecular flexibility index (Phi) is 30.9. The SMILES string of the molecule is NC1=NCCC(CC[C@@H]2NC(=O)C(CCCCNC(=O)[C@@H](N)CCC(=O)NCCCC[C@@H]3NC(=O)[C@@H](Cc4ccccc4)NC(=O)[C@H](CC(=O)O)NC(=O)CNC(=O)[C@H](CCC4CCN=C(N)N4)NC3=O)NC(=O)[C@@H](Cc3ccccc3)NC(=O)[C@H](CC(=O)O)NC(=O)CNC2=O)N1. The second-order valence-electron chi connectivity index (χ2n) is 24.3. The summed E-state index contributed by atoms with van der Waals surface area (Å²) in [4.78, 5) is 196. The number of benzene rings is 2. The van der Waals surface area contributed by atoms with Crippen molar-refractivity contribution >= 4 is 94.7 Å². The molecule has 0 spiro atoms. The summed E-state index contributed by atoms with van der Waals surface area (Å²) in [5.74, 6) is -12.2. The summed E-state index contributed by atoms with van der Waals surface area (Å²) in [7, 11) is 0. The van der Waals surface area contributed by atoms with Crippen molar-refractivity contribution in [1.82, 2.24) is 74.4 Å². The van der Waals surface area contributed by atoms with Gasteiger partial charge in [-0.25, -0.2) is 0 Å². The number of carbonyl (C=O) groups is 14. The zero-order chi connectivity index (χ0) is 71.1. The van der Waals surface area contributed by atoms with Gasteiger partial charge in [0.25, 0.3) is 0 Å². The molecule has 2 aromatic carbocycles. The molecule has 2 fully saturated rings. The molecule has 3 unspecified atom stereocenters. The Bertz CT molecular complexity index is 3210. The van der Waals surface area contributed by atoms with Gasteiger partial charge in [-0.15, -0.1) is 0 Å². The number of guanidine groups is 2. The van der Waals surface area contributed by atoms with Gasteiger partial charge in [0, 0.05) is 57.5 Å². The van der Waals surface area contributed by atoms with Gasteiger partial charge in [-0.05, 0) is 94.6 Å². The summed E-state index contributed by atoms with van der Waals surface area (Å²) in [6.07, 6.45) is 0.420. The van der Waals surface area contributed by atoms with Gasteiger partial charge in [-0.1, -0.05) is 60.7 Å². The number of nitrogens with zero attached hydrogens (tertiary/aromatic N) is 2. The summed E-state index contributed by atoms with van der Waals surface area (Å²) in [6, 6.07) is 4.15. The Morgan fingerprint density at radius 1 is 0.449 bits per heavy atom. The van der Waals surface area contributed by atoms with Crippen molar-refractivity contribution in [2.45, 2.75) is 182 Å². The number of carbonyl (C=O) groups excluding carboxylic acids is 12. The maximum absolute atomic E-state index is 14.3. The van der Waals surface area contributed by atoms with Crippen LogP contribution in [0.5, 0.6) is 0 Å². The van der Waals surface area contributed by atoms with Gasteiger partial charge in [-0.2, -0.15) is 0 Å². The van der Waals surface area contributed by atoms with E-state index in [2.05, 4.69) is 84.4 Å². The molecule has 22 N–H and O–H groups in total. The average molecular weight is 1370 g/mol. The third-order valence-corrected chi connectivity index (χ3v) is 16.6. The summed E-state index contributed by atoms with van der Waals surface area (Å²) in [5.41, 5.74) is 19.2. The van der Waals surface area contributed by atoms with Crippen LogP contribution < -0.4 is 91.6 Å². The minimum absolute atomic E-state index is 0.0370. The Hall–Kier alpha value is -10.5. The maximum atomic E-state index is 14.3. The van der Waals surface area contributed by atoms with E-state index in [-0.39, 0.29) is 114 Å². The van der Waals surface area contributed by atoms with Gasteiger partial charge in [0.2, 0.25) is 70.9 Å². The van der Waals surface area contributed by atoms with Crippen molar-refractivity contribution in [3.63, 3.8) is 0 Å². The first-order valence-electron chi connectivity index (χ1n) is 32.8. The highest BCUT2D eigenvalue weighted by Gasteiger charge is 2.36. The van der Waals surface area contributed by atoms with Crippen LogP contribution in [-0.2, 0) is 80.0 Å². The molecule has 0 saturated carbocycles. The van der Waals surface area contributed by atoms with E-state index < -0.39 is 163 Å². The average Bonchev–Trinajstić information content (AvgIpc) is 1.34. The zero-order valence-electron chi connectivity index (χ0n) is 54.3. The first-order chi connectivity index (χ1) is 46.9. The molecule has 6 rings (SSSR count). The van der Waals surface area contributed by atoms with E-state index in [1.807, 2.05) is 0 Å². The number of unbranched alkanes of at least 4 members (excludes halogenated alkanes) is 2. The number of carboxylic acids is 2. The van der Waals surface area contributed by atoms with E-state index in [1.165, 1.54) is 0 Å². The lowest BCUT2D eigenvalue weighted by Gasteiger charge is -2.27. The fraction of sp³-hybridized carbons (Fsp3) is 0.556. The van der Waals surface area contributed by atoms with E-state index in [0.29, 0.717) is 49.9 Å². The summed E-state index contributed by atoms with van der Waals surface area (Å²) >= 11 is 0. The van der Waals surface area contributed by atoms with Crippen molar-refractivity contribution in [3.8, 4) is 0 Å². The third kappa shape index (κ3) is 27.0. The molecule has 0 aromatic heterocycles. The highest BCUT2D eigenvalue weighted by Crippen LogP contribution is 2.15. The smallest absolute Gasteiger partial charge is 0.305 e. The Morgan fingerprint density at radius 3 is 1.21 bits per heavy atom. The number of rotatable bonds is 28. The van der Waals surface area contributed by atoms with Gasteiger partial charge in [0.15, 0.2) is 11.9 Å². The molecule has 12 amide bonds. The second-order valence-corrected chi connectivity index (χ2v) is 24.3. The van der Waals surface area contributed by atoms with E-state index in [0.717, 1.165) is 0 Å². The van der Waals surface area contributed by atoms with Crippen molar-refractivity contribution in [1.29, 1.82) is 0 Å². The normalized spacial score (nSPS) is 24.4. The Balaban J connectivity index is 1.05. The van der Waals surface area contributed by atoms with Gasteiger partial charge in [0.1, 0.15) is 48.3 Å². The van der Waals surface area contributed by atoms with E-state index in [9.17, 15) is 77.3 Å². The van der Waals surface area contributed by atoms with Crippen LogP contribution in [0.4, 0.5) is 0 Å². The molecule has 4 heterocycles. The maximum Gasteiger partial charge on any atom is 0.305 e. The van der Waals surface area contributed by atoms with Crippen LogP contribution in [-0.4, -0.2) is 211 Å². The lowest BCUT2D eigenvalue weighted by atomic mass is 10.0. The molecule has 4 aliphatic heterocycles. The number of hydrogen-bond acceptors (Lipinski definition) is 21. The van der Waals surface area contributed by atoms with Crippen LogP contribution in [0.25, 0.3) is 0 Å². The number of amides is 12. The predicted octanol–water partition coefficient (Wildman–Crippen LogP) is -5.85. The van der Waals surface area contributed by atoms with E-state index in [1.54, 1.807) is 60.7 Å². The van der Waals surface area contributed by atoms with Gasteiger partial charge in [-0.3, -0.25) is 77.1 Å². The molecular formula is C63H91N19O16. The monoisotopic (exact) mass is 1370 g/mol. The molecule has 2 saturated heterocycles. The molecule has 35 heteroatoms. The van der Waals surface area contributed by atoms with Crippen molar-refractivity contribution in [3.05, 3.63) is 71.8 Å². The van der Waals surface area contributed by atoms with Crippen LogP contribution in [0.3, 0.4) is 0 Å². The summed E-state index contributed by atoms with van der Waals surface area (Å²) in [5, 5.41) is 56.2. The number of aliphatic carboxylic acids is 2. The molecule has 534 valence electrons. The van der Waals surface area contributed by atoms with Gasteiger partial charge in [0.05, 0.1) is 32.0 Å². The fourth-order valence-corrected chi connectivity index (χ4v) is 11.2. The lowest BCUT2D eigenvalue weighted by molar-refractivity contribution is -0.141. The third-order valence-electron chi connectivity index (χ3n) is 16.6. The molecule has 11 atom stereocenters. The molecule has 4 aliphatic rings. The molecule has 0 radical (unpaired) electrons. The number of carboxylic acid groups (broad SMARTS) is 2. The number of nitrogens with one attached hydrogen (secondary N) is 14. The molecule has 2 aromatic rings.